The topological polar surface area (TPSA) is 51.5 Å². The third kappa shape index (κ3) is 5.76. The van der Waals surface area contributed by atoms with Gasteiger partial charge in [-0.1, -0.05) is 17.3 Å². The summed E-state index contributed by atoms with van der Waals surface area (Å²) in [6, 6.07) is 12.0. The van der Waals surface area contributed by atoms with Gasteiger partial charge in [0.25, 0.3) is 0 Å². The van der Waals surface area contributed by atoms with Crippen LogP contribution in [-0.2, 0) is 6.54 Å². The Bertz CT molecular complexity index is 1040. The fourth-order valence-corrected chi connectivity index (χ4v) is 5.69. The molecule has 35 heavy (non-hydrogen) atoms. The Morgan fingerprint density at radius 2 is 1.86 bits per heavy atom. The smallest absolute Gasteiger partial charge is 0.178 e. The van der Waals surface area contributed by atoms with Crippen molar-refractivity contribution in [2.75, 3.05) is 45.9 Å². The summed E-state index contributed by atoms with van der Waals surface area (Å²) in [7, 11) is 0. The van der Waals surface area contributed by atoms with E-state index in [0.717, 1.165) is 56.4 Å². The van der Waals surface area contributed by atoms with Gasteiger partial charge >= 0.3 is 0 Å². The quantitative estimate of drug-likeness (QED) is 0.289. The average Bonchev–Trinajstić information content (AvgIpc) is 3.38. The van der Waals surface area contributed by atoms with Crippen LogP contribution < -0.4 is 4.74 Å². The third-order valence-corrected chi connectivity index (χ3v) is 7.56. The second-order valence-electron chi connectivity index (χ2n) is 10.0. The summed E-state index contributed by atoms with van der Waals surface area (Å²) in [5.74, 6) is 0.345. The normalized spacial score (nSPS) is 23.9. The third-order valence-electron chi connectivity index (χ3n) is 7.56. The van der Waals surface area contributed by atoms with Crippen molar-refractivity contribution in [2.45, 2.75) is 38.3 Å². The van der Waals surface area contributed by atoms with E-state index in [1.54, 1.807) is 0 Å². The van der Waals surface area contributed by atoms with E-state index in [0.29, 0.717) is 25.6 Å². The summed E-state index contributed by atoms with van der Waals surface area (Å²) in [6.07, 6.45) is 4.62. The highest BCUT2D eigenvalue weighted by Gasteiger charge is 2.35. The minimum Gasteiger partial charge on any atom is -0.493 e. The van der Waals surface area contributed by atoms with Gasteiger partial charge in [-0.05, 0) is 74.7 Å². The summed E-state index contributed by atoms with van der Waals surface area (Å²) >= 11 is 0. The van der Waals surface area contributed by atoms with Crippen molar-refractivity contribution in [3.63, 3.8) is 0 Å². The number of piperidine rings is 1. The monoisotopic (exact) mass is 484 g/mol. The summed E-state index contributed by atoms with van der Waals surface area (Å²) in [6.45, 7) is 7.01. The number of fused-ring (bicyclic) bond motifs is 1. The van der Waals surface area contributed by atoms with Crippen molar-refractivity contribution >= 4 is 5.84 Å². The first-order valence-electron chi connectivity index (χ1n) is 12.7. The van der Waals surface area contributed by atoms with E-state index >= 15 is 0 Å². The maximum absolute atomic E-state index is 14.3. The van der Waals surface area contributed by atoms with Crippen molar-refractivity contribution in [1.82, 2.24) is 14.7 Å². The van der Waals surface area contributed by atoms with Crippen molar-refractivity contribution in [2.24, 2.45) is 11.1 Å². The number of oxime groups is 1. The Balaban J connectivity index is 1.13. The summed E-state index contributed by atoms with van der Waals surface area (Å²) < 4.78 is 34.2. The number of hydrogen-bond donors (Lipinski definition) is 1. The molecule has 1 N–H and O–H groups in total. The lowest BCUT2D eigenvalue weighted by Crippen LogP contribution is -2.58. The minimum atomic E-state index is -0.591. The highest BCUT2D eigenvalue weighted by atomic mass is 19.1. The molecule has 188 valence electrons. The van der Waals surface area contributed by atoms with Crippen LogP contribution in [0.25, 0.3) is 0 Å². The van der Waals surface area contributed by atoms with E-state index in [2.05, 4.69) is 33.2 Å². The number of ether oxygens (including phenoxy) is 1. The molecule has 5 rings (SSSR count). The number of halogens is 2. The van der Waals surface area contributed by atoms with Gasteiger partial charge in [-0.2, -0.15) is 0 Å². The summed E-state index contributed by atoms with van der Waals surface area (Å²) in [5.41, 5.74) is 1.30. The van der Waals surface area contributed by atoms with Gasteiger partial charge in [-0.15, -0.1) is 0 Å². The van der Waals surface area contributed by atoms with Gasteiger partial charge in [0, 0.05) is 44.7 Å². The van der Waals surface area contributed by atoms with Crippen molar-refractivity contribution < 1.29 is 18.7 Å². The first-order valence-corrected chi connectivity index (χ1v) is 12.7. The zero-order valence-electron chi connectivity index (χ0n) is 20.1. The molecule has 8 heteroatoms. The number of rotatable bonds is 6. The van der Waals surface area contributed by atoms with E-state index in [1.165, 1.54) is 31.5 Å². The summed E-state index contributed by atoms with van der Waals surface area (Å²) in [5, 5.41) is 12.9. The van der Waals surface area contributed by atoms with Crippen LogP contribution in [0.2, 0.25) is 0 Å². The maximum Gasteiger partial charge on any atom is 0.178 e. The molecule has 0 bridgehead atoms. The number of nitrogens with zero attached hydrogens (tertiary/aromatic N) is 4. The Kier molecular flexibility index (Phi) is 7.48. The number of piperazine rings is 1. The molecule has 0 radical (unpaired) electrons. The highest BCUT2D eigenvalue weighted by molar-refractivity contribution is 5.98. The van der Waals surface area contributed by atoms with Gasteiger partial charge in [-0.25, -0.2) is 8.78 Å². The molecule has 6 nitrogen and oxygen atoms in total. The van der Waals surface area contributed by atoms with Crippen LogP contribution in [-0.4, -0.2) is 77.7 Å². The molecule has 3 saturated heterocycles. The van der Waals surface area contributed by atoms with Crippen molar-refractivity contribution in [3.8, 4) is 5.75 Å². The van der Waals surface area contributed by atoms with E-state index in [-0.39, 0.29) is 17.4 Å². The van der Waals surface area contributed by atoms with Gasteiger partial charge in [0.15, 0.2) is 5.84 Å². The molecule has 0 aliphatic carbocycles. The standard InChI is InChI=1S/C27H34F2N4O2/c28-22-7-9-26(29)25(15-22)27(30-34)33-13-12-32-17-21(6-8-23(32)18-33)19-35-24-5-3-4-20(14-24)16-31-10-1-2-11-31/h3-5,7,9,14-15,21,23,34H,1-2,6,8,10-13,16-19H2. The molecule has 2 unspecified atom stereocenters. The fourth-order valence-electron chi connectivity index (χ4n) is 5.69. The van der Waals surface area contributed by atoms with Crippen molar-refractivity contribution in [3.05, 3.63) is 65.2 Å². The SMILES string of the molecule is ON=C(c1cc(F)ccc1F)N1CCN2CC(COc3cccc(CN4CCCC4)c3)CCC2C1. The predicted octanol–water partition coefficient (Wildman–Crippen LogP) is 4.17. The zero-order valence-corrected chi connectivity index (χ0v) is 20.1. The molecule has 2 atom stereocenters. The molecule has 0 saturated carbocycles. The number of hydrogen-bond acceptors (Lipinski definition) is 5. The maximum atomic E-state index is 14.3. The van der Waals surface area contributed by atoms with Crippen LogP contribution in [0.5, 0.6) is 5.75 Å². The first-order chi connectivity index (χ1) is 17.1. The molecule has 3 heterocycles. The molecule has 2 aromatic carbocycles. The Labute approximate surface area is 205 Å². The molecule has 0 spiro atoms. The van der Waals surface area contributed by atoms with Crippen molar-refractivity contribution in [1.29, 1.82) is 0 Å². The van der Waals surface area contributed by atoms with Crippen LogP contribution in [0.4, 0.5) is 8.78 Å². The Morgan fingerprint density at radius 3 is 2.69 bits per heavy atom. The molecule has 0 amide bonds. The lowest BCUT2D eigenvalue weighted by Gasteiger charge is -2.46. The minimum absolute atomic E-state index is 0.00463. The Morgan fingerprint density at radius 1 is 1.00 bits per heavy atom. The lowest BCUT2D eigenvalue weighted by molar-refractivity contribution is 0.0381. The van der Waals surface area contributed by atoms with Gasteiger partial charge in [-0.3, -0.25) is 9.80 Å². The molecule has 0 aromatic heterocycles. The molecule has 3 aliphatic rings. The molecule has 3 aliphatic heterocycles. The van der Waals surface area contributed by atoms with Crippen LogP contribution >= 0.6 is 0 Å². The Hall–Kier alpha value is -2.71. The van der Waals surface area contributed by atoms with Gasteiger partial charge in [0.1, 0.15) is 17.4 Å². The largest absolute Gasteiger partial charge is 0.493 e. The second-order valence-corrected chi connectivity index (χ2v) is 10.0. The van der Waals surface area contributed by atoms with Gasteiger partial charge in [0.05, 0.1) is 12.2 Å². The number of benzene rings is 2. The van der Waals surface area contributed by atoms with E-state index in [4.69, 9.17) is 4.74 Å². The first kappa shape index (κ1) is 24.0. The van der Waals surface area contributed by atoms with Crippen LogP contribution in [0, 0.1) is 17.6 Å². The van der Waals surface area contributed by atoms with Crippen LogP contribution in [0.1, 0.15) is 36.8 Å². The number of amidine groups is 1. The molecule has 3 fully saturated rings. The average molecular weight is 485 g/mol. The van der Waals surface area contributed by atoms with Crippen LogP contribution in [0.15, 0.2) is 47.6 Å². The van der Waals surface area contributed by atoms with E-state index in [9.17, 15) is 14.0 Å². The van der Waals surface area contributed by atoms with E-state index < -0.39 is 11.6 Å². The predicted molar refractivity (Wildman–Crippen MR) is 131 cm³/mol. The lowest BCUT2D eigenvalue weighted by atomic mass is 9.91. The molecular weight excluding hydrogens is 450 g/mol. The zero-order chi connectivity index (χ0) is 24.2. The highest BCUT2D eigenvalue weighted by Crippen LogP contribution is 2.28. The fraction of sp³-hybridized carbons (Fsp3) is 0.519. The van der Waals surface area contributed by atoms with Gasteiger partial charge in [0.2, 0.25) is 0 Å². The second kappa shape index (κ2) is 10.9. The molecule has 2 aromatic rings. The number of likely N-dealkylation sites (tertiary alicyclic amines) is 1. The van der Waals surface area contributed by atoms with E-state index in [1.807, 2.05) is 11.0 Å². The molecular formula is C27H34F2N4O2. The van der Waals surface area contributed by atoms with Gasteiger partial charge < -0.3 is 14.8 Å². The summed E-state index contributed by atoms with van der Waals surface area (Å²) in [4.78, 5) is 6.81. The van der Waals surface area contributed by atoms with Crippen LogP contribution in [0.3, 0.4) is 0 Å².